The van der Waals surface area contributed by atoms with Crippen molar-refractivity contribution < 1.29 is 4.79 Å². The first kappa shape index (κ1) is 12.2. The highest BCUT2D eigenvalue weighted by molar-refractivity contribution is 6.00. The minimum Gasteiger partial charge on any atom is -0.335 e. The fraction of sp³-hybridized carbons (Fsp3) is 0.375. The summed E-state index contributed by atoms with van der Waals surface area (Å²) in [5, 5.41) is 0. The van der Waals surface area contributed by atoms with E-state index in [4.69, 9.17) is 0 Å². The number of benzene rings is 1. The van der Waals surface area contributed by atoms with Gasteiger partial charge in [0, 0.05) is 37.3 Å². The molecule has 0 spiro atoms. The lowest BCUT2D eigenvalue weighted by molar-refractivity contribution is 0.0994. The summed E-state index contributed by atoms with van der Waals surface area (Å²) in [4.78, 5) is 16.2. The molecule has 0 aliphatic heterocycles. The molecule has 0 atom stereocenters. The van der Waals surface area contributed by atoms with Crippen molar-refractivity contribution in [2.24, 2.45) is 0 Å². The molecular formula is C16H18N2O. The minimum atomic E-state index is 0.286. The van der Waals surface area contributed by atoms with Crippen LogP contribution in [-0.2, 0) is 19.4 Å². The first-order chi connectivity index (χ1) is 9.29. The van der Waals surface area contributed by atoms with Gasteiger partial charge >= 0.3 is 0 Å². The number of hydrogen-bond acceptors (Lipinski definition) is 2. The summed E-state index contributed by atoms with van der Waals surface area (Å²) in [6, 6.07) is 6.07. The third-order valence-corrected chi connectivity index (χ3v) is 3.79. The van der Waals surface area contributed by atoms with Crippen LogP contribution in [0.3, 0.4) is 0 Å². The van der Waals surface area contributed by atoms with Crippen molar-refractivity contribution in [1.82, 2.24) is 9.55 Å². The van der Waals surface area contributed by atoms with Crippen LogP contribution in [0.15, 0.2) is 30.6 Å². The molecule has 1 aliphatic rings. The fourth-order valence-electron chi connectivity index (χ4n) is 2.85. The number of fused-ring (bicyclic) bond motifs is 1. The van der Waals surface area contributed by atoms with Gasteiger partial charge in [-0.25, -0.2) is 4.98 Å². The molecule has 0 fully saturated rings. The first-order valence-electron chi connectivity index (χ1n) is 6.93. The molecule has 1 heterocycles. The monoisotopic (exact) mass is 254 g/mol. The van der Waals surface area contributed by atoms with Crippen molar-refractivity contribution in [1.29, 1.82) is 0 Å². The van der Waals surface area contributed by atoms with Gasteiger partial charge in [0.05, 0.1) is 0 Å². The number of carbonyl (C=O) groups is 1. The molecule has 19 heavy (non-hydrogen) atoms. The van der Waals surface area contributed by atoms with E-state index in [1.54, 1.807) is 0 Å². The van der Waals surface area contributed by atoms with Gasteiger partial charge in [0.25, 0.3) is 0 Å². The average Bonchev–Trinajstić information content (AvgIpc) is 2.99. The Morgan fingerprint density at radius 1 is 1.32 bits per heavy atom. The molecule has 2 aromatic rings. The topological polar surface area (TPSA) is 34.9 Å². The summed E-state index contributed by atoms with van der Waals surface area (Å²) in [5.41, 5.74) is 3.41. The summed E-state index contributed by atoms with van der Waals surface area (Å²) < 4.78 is 2.20. The van der Waals surface area contributed by atoms with Crippen molar-refractivity contribution >= 4 is 5.78 Å². The molecule has 3 rings (SSSR count). The summed E-state index contributed by atoms with van der Waals surface area (Å²) in [5.74, 6) is 1.38. The Hall–Kier alpha value is -1.90. The van der Waals surface area contributed by atoms with Crippen molar-refractivity contribution in [2.45, 2.75) is 39.2 Å². The zero-order chi connectivity index (χ0) is 13.2. The number of hydrogen-bond donors (Lipinski definition) is 0. The van der Waals surface area contributed by atoms with Crippen molar-refractivity contribution in [3.63, 3.8) is 0 Å². The zero-order valence-corrected chi connectivity index (χ0v) is 11.2. The smallest absolute Gasteiger partial charge is 0.163 e. The number of nitrogens with zero attached hydrogens (tertiary/aromatic N) is 2. The lowest BCUT2D eigenvalue weighted by atomic mass is 10.0. The minimum absolute atomic E-state index is 0.286. The van der Waals surface area contributed by atoms with E-state index in [9.17, 15) is 4.79 Å². The molecule has 0 bridgehead atoms. The Kier molecular flexibility index (Phi) is 3.20. The van der Waals surface area contributed by atoms with E-state index in [1.807, 2.05) is 24.5 Å². The maximum absolute atomic E-state index is 11.8. The maximum atomic E-state index is 11.8. The zero-order valence-electron chi connectivity index (χ0n) is 11.2. The third-order valence-electron chi connectivity index (χ3n) is 3.79. The molecule has 1 aromatic heterocycles. The fourth-order valence-corrected chi connectivity index (χ4v) is 2.85. The normalized spacial score (nSPS) is 13.8. The maximum Gasteiger partial charge on any atom is 0.163 e. The van der Waals surface area contributed by atoms with Crippen LogP contribution < -0.4 is 0 Å². The summed E-state index contributed by atoms with van der Waals surface area (Å²) in [7, 11) is 0. The highest BCUT2D eigenvalue weighted by atomic mass is 16.1. The molecule has 0 saturated heterocycles. The largest absolute Gasteiger partial charge is 0.335 e. The number of rotatable bonds is 4. The SMILES string of the molecule is CCCn1ccnc1Cc1cccc2c1CCC2=O. The van der Waals surface area contributed by atoms with Crippen LogP contribution >= 0.6 is 0 Å². The number of aryl methyl sites for hydroxylation is 1. The summed E-state index contributed by atoms with van der Waals surface area (Å²) in [6.07, 6.45) is 7.37. The van der Waals surface area contributed by atoms with E-state index in [-0.39, 0.29) is 5.78 Å². The van der Waals surface area contributed by atoms with Gasteiger partial charge in [0.15, 0.2) is 5.78 Å². The molecule has 0 N–H and O–H groups in total. The standard InChI is InChI=1S/C16H18N2O/c1-2-9-18-10-8-17-16(18)11-12-4-3-5-14-13(12)6-7-15(14)19/h3-5,8,10H,2,6-7,9,11H2,1H3. The Balaban J connectivity index is 1.92. The molecule has 3 nitrogen and oxygen atoms in total. The second-order valence-electron chi connectivity index (χ2n) is 5.08. The number of imidazole rings is 1. The molecule has 0 radical (unpaired) electrons. The second-order valence-corrected chi connectivity index (χ2v) is 5.08. The molecule has 1 aliphatic carbocycles. The Morgan fingerprint density at radius 3 is 3.05 bits per heavy atom. The Bertz CT molecular complexity index is 613. The van der Waals surface area contributed by atoms with Crippen LogP contribution in [0.5, 0.6) is 0 Å². The predicted molar refractivity (Wildman–Crippen MR) is 74.4 cm³/mol. The number of carbonyl (C=O) groups excluding carboxylic acids is 1. The van der Waals surface area contributed by atoms with Crippen molar-refractivity contribution in [3.05, 3.63) is 53.1 Å². The number of aromatic nitrogens is 2. The second kappa shape index (κ2) is 5.00. The lowest BCUT2D eigenvalue weighted by Gasteiger charge is -2.09. The number of ketones is 1. The van der Waals surface area contributed by atoms with Gasteiger partial charge in [-0.05, 0) is 24.0 Å². The van der Waals surface area contributed by atoms with Gasteiger partial charge in [-0.2, -0.15) is 0 Å². The van der Waals surface area contributed by atoms with Gasteiger partial charge < -0.3 is 4.57 Å². The molecule has 0 saturated carbocycles. The highest BCUT2D eigenvalue weighted by Crippen LogP contribution is 2.26. The van der Waals surface area contributed by atoms with Crippen LogP contribution in [0.25, 0.3) is 0 Å². The molecule has 0 unspecified atom stereocenters. The molecule has 0 amide bonds. The average molecular weight is 254 g/mol. The first-order valence-corrected chi connectivity index (χ1v) is 6.93. The Morgan fingerprint density at radius 2 is 2.21 bits per heavy atom. The van der Waals surface area contributed by atoms with E-state index >= 15 is 0 Å². The van der Waals surface area contributed by atoms with Crippen LogP contribution in [-0.4, -0.2) is 15.3 Å². The van der Waals surface area contributed by atoms with E-state index in [1.165, 1.54) is 11.1 Å². The van der Waals surface area contributed by atoms with Crippen molar-refractivity contribution in [2.75, 3.05) is 0 Å². The van der Waals surface area contributed by atoms with E-state index in [0.29, 0.717) is 6.42 Å². The van der Waals surface area contributed by atoms with Gasteiger partial charge in [0.1, 0.15) is 5.82 Å². The Labute approximate surface area is 113 Å². The van der Waals surface area contributed by atoms with Gasteiger partial charge in [-0.3, -0.25) is 4.79 Å². The highest BCUT2D eigenvalue weighted by Gasteiger charge is 2.22. The third kappa shape index (κ3) is 2.21. The van der Waals surface area contributed by atoms with Crippen LogP contribution in [0.1, 0.15) is 47.1 Å². The molecular weight excluding hydrogens is 236 g/mol. The lowest BCUT2D eigenvalue weighted by Crippen LogP contribution is -2.05. The van der Waals surface area contributed by atoms with Gasteiger partial charge in [-0.15, -0.1) is 0 Å². The van der Waals surface area contributed by atoms with Gasteiger partial charge in [-0.1, -0.05) is 25.1 Å². The van der Waals surface area contributed by atoms with Crippen molar-refractivity contribution in [3.8, 4) is 0 Å². The molecule has 1 aromatic carbocycles. The van der Waals surface area contributed by atoms with Gasteiger partial charge in [0.2, 0.25) is 0 Å². The summed E-state index contributed by atoms with van der Waals surface area (Å²) >= 11 is 0. The van der Waals surface area contributed by atoms with E-state index in [0.717, 1.165) is 37.2 Å². The molecule has 3 heteroatoms. The van der Waals surface area contributed by atoms with Crippen LogP contribution in [0.4, 0.5) is 0 Å². The van der Waals surface area contributed by atoms with E-state index < -0.39 is 0 Å². The van der Waals surface area contributed by atoms with Crippen LogP contribution in [0.2, 0.25) is 0 Å². The van der Waals surface area contributed by atoms with Crippen LogP contribution in [0, 0.1) is 0 Å². The molecule has 98 valence electrons. The quantitative estimate of drug-likeness (QED) is 0.840. The predicted octanol–water partition coefficient (Wildman–Crippen LogP) is 3.01. The van der Waals surface area contributed by atoms with E-state index in [2.05, 4.69) is 22.5 Å². The summed E-state index contributed by atoms with van der Waals surface area (Å²) in [6.45, 7) is 3.17. The number of Topliss-reactive ketones (excluding diaryl/α,β-unsaturated/α-hetero) is 1.